The molecule has 0 unspecified atom stereocenters. The molecule has 0 atom stereocenters. The van der Waals surface area contributed by atoms with Crippen molar-refractivity contribution >= 4 is 28.8 Å². The fourth-order valence-corrected chi connectivity index (χ4v) is 2.91. The molecule has 0 fully saturated rings. The number of hydrogen-bond donors (Lipinski definition) is 1. The second kappa shape index (κ2) is 4.84. The molecule has 0 amide bonds. The SMILES string of the molecule is Nc1cc(F)c(SCc2ccsc2)c(F)c1. The Labute approximate surface area is 100 Å². The molecule has 0 bridgehead atoms. The lowest BCUT2D eigenvalue weighted by atomic mass is 10.3. The van der Waals surface area contributed by atoms with E-state index in [2.05, 4.69) is 0 Å². The fraction of sp³-hybridized carbons (Fsp3) is 0.0909. The Bertz CT molecular complexity index is 460. The van der Waals surface area contributed by atoms with Crippen molar-refractivity contribution < 1.29 is 8.78 Å². The van der Waals surface area contributed by atoms with Crippen LogP contribution in [0.25, 0.3) is 0 Å². The van der Waals surface area contributed by atoms with Crippen LogP contribution in [0.15, 0.2) is 33.9 Å². The van der Waals surface area contributed by atoms with Gasteiger partial charge in [0.2, 0.25) is 0 Å². The molecule has 2 rings (SSSR count). The first kappa shape index (κ1) is 11.4. The van der Waals surface area contributed by atoms with Crippen LogP contribution in [0.4, 0.5) is 14.5 Å². The fourth-order valence-electron chi connectivity index (χ4n) is 1.25. The summed E-state index contributed by atoms with van der Waals surface area (Å²) in [6, 6.07) is 4.21. The minimum absolute atomic E-state index is 0.0281. The zero-order chi connectivity index (χ0) is 11.5. The molecule has 0 saturated carbocycles. The van der Waals surface area contributed by atoms with E-state index in [0.717, 1.165) is 29.5 Å². The first-order valence-electron chi connectivity index (χ1n) is 4.55. The van der Waals surface area contributed by atoms with E-state index in [1.54, 1.807) is 11.3 Å². The molecule has 2 N–H and O–H groups in total. The van der Waals surface area contributed by atoms with Crippen LogP contribution < -0.4 is 5.73 Å². The van der Waals surface area contributed by atoms with Crippen molar-refractivity contribution in [2.75, 3.05) is 5.73 Å². The third-order valence-electron chi connectivity index (χ3n) is 1.98. The molecule has 0 spiro atoms. The minimum atomic E-state index is -0.599. The van der Waals surface area contributed by atoms with Gasteiger partial charge >= 0.3 is 0 Å². The van der Waals surface area contributed by atoms with Gasteiger partial charge < -0.3 is 5.73 Å². The lowest BCUT2D eigenvalue weighted by Crippen LogP contribution is -1.93. The molecule has 16 heavy (non-hydrogen) atoms. The number of nitrogen functional groups attached to an aromatic ring is 1. The van der Waals surface area contributed by atoms with Crippen LogP contribution in [0.3, 0.4) is 0 Å². The molecule has 0 aliphatic heterocycles. The molecule has 1 aromatic heterocycles. The molecule has 0 radical (unpaired) electrons. The number of nitrogens with two attached hydrogens (primary N) is 1. The molecule has 0 aliphatic carbocycles. The molecular formula is C11H9F2NS2. The third-order valence-corrected chi connectivity index (χ3v) is 3.87. The Balaban J connectivity index is 2.15. The second-order valence-corrected chi connectivity index (χ2v) is 5.00. The van der Waals surface area contributed by atoms with Gasteiger partial charge in [-0.15, -0.1) is 11.8 Å². The van der Waals surface area contributed by atoms with Crippen LogP contribution in [0, 0.1) is 11.6 Å². The van der Waals surface area contributed by atoms with Gasteiger partial charge in [0, 0.05) is 11.4 Å². The summed E-state index contributed by atoms with van der Waals surface area (Å²) >= 11 is 2.71. The van der Waals surface area contributed by atoms with Crippen LogP contribution in [0.2, 0.25) is 0 Å². The van der Waals surface area contributed by atoms with Crippen molar-refractivity contribution in [3.8, 4) is 0 Å². The van der Waals surface area contributed by atoms with Gasteiger partial charge in [-0.1, -0.05) is 0 Å². The Morgan fingerprint density at radius 1 is 1.25 bits per heavy atom. The summed E-state index contributed by atoms with van der Waals surface area (Å²) in [7, 11) is 0. The van der Waals surface area contributed by atoms with Crippen LogP contribution in [-0.4, -0.2) is 0 Å². The Morgan fingerprint density at radius 3 is 2.50 bits per heavy atom. The number of hydrogen-bond acceptors (Lipinski definition) is 3. The lowest BCUT2D eigenvalue weighted by Gasteiger charge is -2.04. The number of benzene rings is 1. The van der Waals surface area contributed by atoms with E-state index in [9.17, 15) is 8.78 Å². The van der Waals surface area contributed by atoms with Crippen LogP contribution in [0.1, 0.15) is 5.56 Å². The summed E-state index contributed by atoms with van der Waals surface area (Å²) in [5.74, 6) is -0.642. The summed E-state index contributed by atoms with van der Waals surface area (Å²) in [4.78, 5) is 0.0281. The van der Waals surface area contributed by atoms with Crippen LogP contribution in [0.5, 0.6) is 0 Å². The molecule has 1 nitrogen and oxygen atoms in total. The van der Waals surface area contributed by atoms with Crippen LogP contribution >= 0.6 is 23.1 Å². The van der Waals surface area contributed by atoms with Gasteiger partial charge in [0.15, 0.2) is 0 Å². The van der Waals surface area contributed by atoms with E-state index in [0.29, 0.717) is 5.75 Å². The lowest BCUT2D eigenvalue weighted by molar-refractivity contribution is 0.542. The first-order chi connectivity index (χ1) is 7.66. The van der Waals surface area contributed by atoms with Crippen molar-refractivity contribution in [2.45, 2.75) is 10.6 Å². The summed E-state index contributed by atoms with van der Waals surface area (Å²) in [5, 5.41) is 3.89. The van der Waals surface area contributed by atoms with E-state index in [1.807, 2.05) is 16.8 Å². The van der Waals surface area contributed by atoms with Gasteiger partial charge in [0.1, 0.15) is 11.6 Å². The summed E-state index contributed by atoms with van der Waals surface area (Å²) in [6.07, 6.45) is 0. The highest BCUT2D eigenvalue weighted by atomic mass is 32.2. The van der Waals surface area contributed by atoms with E-state index in [1.165, 1.54) is 0 Å². The van der Waals surface area contributed by atoms with Crippen molar-refractivity contribution in [3.63, 3.8) is 0 Å². The van der Waals surface area contributed by atoms with E-state index < -0.39 is 11.6 Å². The van der Waals surface area contributed by atoms with Crippen LogP contribution in [-0.2, 0) is 5.75 Å². The van der Waals surface area contributed by atoms with E-state index in [-0.39, 0.29) is 10.6 Å². The molecule has 84 valence electrons. The number of thiophene rings is 1. The molecular weight excluding hydrogens is 248 g/mol. The molecule has 2 aromatic rings. The zero-order valence-corrected chi connectivity index (χ0v) is 9.88. The average molecular weight is 257 g/mol. The summed E-state index contributed by atoms with van der Waals surface area (Å²) in [6.45, 7) is 0. The quantitative estimate of drug-likeness (QED) is 0.666. The molecule has 1 aromatic carbocycles. The predicted molar refractivity (Wildman–Crippen MR) is 64.7 cm³/mol. The van der Waals surface area contributed by atoms with Gasteiger partial charge in [-0.25, -0.2) is 8.78 Å². The largest absolute Gasteiger partial charge is 0.399 e. The van der Waals surface area contributed by atoms with E-state index >= 15 is 0 Å². The predicted octanol–water partition coefficient (Wildman–Crippen LogP) is 3.90. The number of thioether (sulfide) groups is 1. The maximum Gasteiger partial charge on any atom is 0.141 e. The third kappa shape index (κ3) is 2.54. The highest BCUT2D eigenvalue weighted by Gasteiger charge is 2.11. The normalized spacial score (nSPS) is 10.6. The Morgan fingerprint density at radius 2 is 1.94 bits per heavy atom. The Hall–Kier alpha value is -1.07. The minimum Gasteiger partial charge on any atom is -0.399 e. The summed E-state index contributed by atoms with van der Waals surface area (Å²) < 4.78 is 26.8. The van der Waals surface area contributed by atoms with Crippen molar-refractivity contribution in [2.24, 2.45) is 0 Å². The van der Waals surface area contributed by atoms with Gasteiger partial charge in [0.25, 0.3) is 0 Å². The molecule has 5 heteroatoms. The van der Waals surface area contributed by atoms with Crippen molar-refractivity contribution in [3.05, 3.63) is 46.2 Å². The smallest absolute Gasteiger partial charge is 0.141 e. The van der Waals surface area contributed by atoms with Gasteiger partial charge in [0.05, 0.1) is 4.90 Å². The molecule has 0 saturated heterocycles. The highest BCUT2D eigenvalue weighted by Crippen LogP contribution is 2.30. The number of anilines is 1. The standard InChI is InChI=1S/C11H9F2NS2/c12-9-3-8(14)4-10(13)11(9)16-6-7-1-2-15-5-7/h1-5H,6,14H2. The molecule has 1 heterocycles. The zero-order valence-electron chi connectivity index (χ0n) is 8.24. The van der Waals surface area contributed by atoms with Crippen molar-refractivity contribution in [1.82, 2.24) is 0 Å². The topological polar surface area (TPSA) is 26.0 Å². The Kier molecular flexibility index (Phi) is 3.46. The first-order valence-corrected chi connectivity index (χ1v) is 6.48. The monoisotopic (exact) mass is 257 g/mol. The second-order valence-electron chi connectivity index (χ2n) is 3.23. The van der Waals surface area contributed by atoms with E-state index in [4.69, 9.17) is 5.73 Å². The number of rotatable bonds is 3. The van der Waals surface area contributed by atoms with Gasteiger partial charge in [-0.3, -0.25) is 0 Å². The van der Waals surface area contributed by atoms with Gasteiger partial charge in [-0.2, -0.15) is 11.3 Å². The number of halogens is 2. The summed E-state index contributed by atoms with van der Waals surface area (Å²) in [5.41, 5.74) is 6.50. The maximum atomic E-state index is 13.4. The molecule has 0 aliphatic rings. The van der Waals surface area contributed by atoms with Crippen molar-refractivity contribution in [1.29, 1.82) is 0 Å². The maximum absolute atomic E-state index is 13.4. The highest BCUT2D eigenvalue weighted by molar-refractivity contribution is 7.98. The van der Waals surface area contributed by atoms with Gasteiger partial charge in [-0.05, 0) is 34.5 Å². The average Bonchev–Trinajstić information content (AvgIpc) is 2.68.